The molecule has 2 aromatic carbocycles. The lowest BCUT2D eigenvalue weighted by atomic mass is 9.91. The van der Waals surface area contributed by atoms with Crippen LogP contribution in [0.4, 0.5) is 0 Å². The van der Waals surface area contributed by atoms with E-state index in [2.05, 4.69) is 61.2 Å². The number of hydrogen-bond donors (Lipinski definition) is 0. The first-order valence-corrected chi connectivity index (χ1v) is 11.0. The molecule has 1 aliphatic rings. The van der Waals surface area contributed by atoms with Crippen LogP contribution in [0.5, 0.6) is 5.75 Å². The number of carbonyl (C=O) groups is 1. The van der Waals surface area contributed by atoms with Gasteiger partial charge in [0.2, 0.25) is 0 Å². The second-order valence-corrected chi connectivity index (χ2v) is 7.93. The second-order valence-electron chi connectivity index (χ2n) is 7.93. The number of fused-ring (bicyclic) bond motifs is 1. The van der Waals surface area contributed by atoms with Gasteiger partial charge in [-0.1, -0.05) is 49.1 Å². The van der Waals surface area contributed by atoms with Crippen molar-refractivity contribution >= 4 is 17.6 Å². The number of allylic oxidation sites excluding steroid dienone is 1. The van der Waals surface area contributed by atoms with Crippen LogP contribution in [0.15, 0.2) is 60.7 Å². The van der Waals surface area contributed by atoms with E-state index >= 15 is 0 Å². The molecule has 3 rings (SSSR count). The van der Waals surface area contributed by atoms with E-state index in [1.165, 1.54) is 35.1 Å². The first kappa shape index (κ1) is 21.9. The van der Waals surface area contributed by atoms with Crippen LogP contribution in [0, 0.1) is 0 Å². The van der Waals surface area contributed by atoms with Crippen LogP contribution in [-0.4, -0.2) is 19.2 Å². The highest BCUT2D eigenvalue weighted by Crippen LogP contribution is 2.30. The lowest BCUT2D eigenvalue weighted by Crippen LogP contribution is -2.06. The third kappa shape index (κ3) is 6.62. The van der Waals surface area contributed by atoms with Crippen molar-refractivity contribution in [3.63, 3.8) is 0 Å². The molecule has 1 aliphatic carbocycles. The van der Waals surface area contributed by atoms with Crippen LogP contribution in [0.2, 0.25) is 0 Å². The molecule has 3 nitrogen and oxygen atoms in total. The Morgan fingerprint density at radius 2 is 1.73 bits per heavy atom. The Morgan fingerprint density at radius 3 is 2.53 bits per heavy atom. The van der Waals surface area contributed by atoms with Gasteiger partial charge in [-0.3, -0.25) is 0 Å². The fraction of sp³-hybridized carbons (Fsp3) is 0.370. The summed E-state index contributed by atoms with van der Waals surface area (Å²) >= 11 is 0. The molecule has 0 saturated heterocycles. The number of rotatable bonds is 9. The van der Waals surface area contributed by atoms with Crippen molar-refractivity contribution in [1.29, 1.82) is 0 Å². The fourth-order valence-corrected chi connectivity index (χ4v) is 3.66. The van der Waals surface area contributed by atoms with Gasteiger partial charge in [-0.15, -0.1) is 0 Å². The summed E-state index contributed by atoms with van der Waals surface area (Å²) in [7, 11) is 0. The van der Waals surface area contributed by atoms with Crippen LogP contribution < -0.4 is 4.74 Å². The van der Waals surface area contributed by atoms with Crippen molar-refractivity contribution in [2.45, 2.75) is 51.9 Å². The largest absolute Gasteiger partial charge is 0.494 e. The second kappa shape index (κ2) is 11.4. The molecule has 0 amide bonds. The molecule has 0 radical (unpaired) electrons. The number of esters is 1. The van der Waals surface area contributed by atoms with E-state index in [0.29, 0.717) is 18.8 Å². The zero-order valence-electron chi connectivity index (χ0n) is 18.0. The lowest BCUT2D eigenvalue weighted by Gasteiger charge is -2.16. The summed E-state index contributed by atoms with van der Waals surface area (Å²) in [5.41, 5.74) is 5.85. The number of benzene rings is 2. The number of unbranched alkanes of at least 4 members (excludes halogenated alkanes) is 2. The molecule has 2 aromatic rings. The summed E-state index contributed by atoms with van der Waals surface area (Å²) < 4.78 is 11.1. The predicted octanol–water partition coefficient (Wildman–Crippen LogP) is 6.62. The molecule has 0 aliphatic heterocycles. The van der Waals surface area contributed by atoms with Gasteiger partial charge in [0.05, 0.1) is 13.2 Å². The molecule has 0 heterocycles. The molecule has 0 fully saturated rings. The highest BCUT2D eigenvalue weighted by atomic mass is 16.5. The Labute approximate surface area is 180 Å². The maximum absolute atomic E-state index is 11.3. The van der Waals surface area contributed by atoms with Gasteiger partial charge in [-0.25, -0.2) is 4.79 Å². The van der Waals surface area contributed by atoms with Crippen LogP contribution >= 0.6 is 0 Å². The minimum absolute atomic E-state index is 0.309. The van der Waals surface area contributed by atoms with Crippen LogP contribution in [-0.2, 0) is 16.0 Å². The molecule has 0 bridgehead atoms. The maximum atomic E-state index is 11.3. The third-order valence-corrected chi connectivity index (χ3v) is 5.37. The minimum Gasteiger partial charge on any atom is -0.494 e. The molecule has 0 unspecified atom stereocenters. The molecule has 0 saturated carbocycles. The topological polar surface area (TPSA) is 35.5 Å². The Kier molecular flexibility index (Phi) is 8.31. The van der Waals surface area contributed by atoms with Gasteiger partial charge in [0.15, 0.2) is 0 Å². The average molecular weight is 405 g/mol. The van der Waals surface area contributed by atoms with E-state index in [0.717, 1.165) is 37.9 Å². The summed E-state index contributed by atoms with van der Waals surface area (Å²) in [5, 5.41) is 0. The third-order valence-electron chi connectivity index (χ3n) is 5.37. The molecule has 0 atom stereocenters. The molecular weight excluding hydrogens is 372 g/mol. The fourth-order valence-electron chi connectivity index (χ4n) is 3.66. The van der Waals surface area contributed by atoms with Gasteiger partial charge in [0.25, 0.3) is 0 Å². The van der Waals surface area contributed by atoms with Gasteiger partial charge in [-0.05, 0) is 86.3 Å². The van der Waals surface area contributed by atoms with Gasteiger partial charge >= 0.3 is 5.97 Å². The first-order valence-electron chi connectivity index (χ1n) is 11.0. The normalized spacial score (nSPS) is 13.4. The van der Waals surface area contributed by atoms with Crippen molar-refractivity contribution in [3.8, 4) is 5.75 Å². The monoisotopic (exact) mass is 404 g/mol. The zero-order valence-corrected chi connectivity index (χ0v) is 18.0. The van der Waals surface area contributed by atoms with E-state index in [1.807, 2.05) is 0 Å². The van der Waals surface area contributed by atoms with E-state index in [1.54, 1.807) is 6.92 Å². The Balaban J connectivity index is 1.51. The molecular formula is C27H32O3. The Hall–Kier alpha value is -2.81. The number of hydrogen-bond acceptors (Lipinski definition) is 3. The predicted molar refractivity (Wildman–Crippen MR) is 123 cm³/mol. The van der Waals surface area contributed by atoms with Crippen molar-refractivity contribution < 1.29 is 14.3 Å². The molecule has 3 heteroatoms. The van der Waals surface area contributed by atoms with Gasteiger partial charge in [-0.2, -0.15) is 0 Å². The number of carbonyl (C=O) groups excluding carboxylic acids is 1. The number of ether oxygens (including phenoxy) is 2. The van der Waals surface area contributed by atoms with Crippen molar-refractivity contribution in [2.24, 2.45) is 0 Å². The van der Waals surface area contributed by atoms with Crippen LogP contribution in [0.1, 0.15) is 62.1 Å². The highest BCUT2D eigenvalue weighted by molar-refractivity contribution is 5.86. The summed E-state index contributed by atoms with van der Waals surface area (Å²) in [4.78, 5) is 11.3. The van der Waals surface area contributed by atoms with Gasteiger partial charge < -0.3 is 9.47 Å². The van der Waals surface area contributed by atoms with E-state index in [9.17, 15) is 4.79 Å². The summed E-state index contributed by atoms with van der Waals surface area (Å²) in [6.45, 7) is 6.37. The van der Waals surface area contributed by atoms with Gasteiger partial charge in [0, 0.05) is 5.57 Å². The molecule has 0 aromatic heterocycles. The SMILES string of the molecule is C=C(C)C(=O)OCCCCCOc1ccc2c(c1)CCCCC(c1ccccc1)=C2. The smallest absolute Gasteiger partial charge is 0.333 e. The lowest BCUT2D eigenvalue weighted by molar-refractivity contribution is -0.139. The Morgan fingerprint density at radius 1 is 0.967 bits per heavy atom. The van der Waals surface area contributed by atoms with Gasteiger partial charge in [0.1, 0.15) is 5.75 Å². The maximum Gasteiger partial charge on any atom is 0.333 e. The average Bonchev–Trinajstić information content (AvgIpc) is 2.74. The molecule has 0 N–H and O–H groups in total. The highest BCUT2D eigenvalue weighted by Gasteiger charge is 2.10. The van der Waals surface area contributed by atoms with Crippen LogP contribution in [0.3, 0.4) is 0 Å². The van der Waals surface area contributed by atoms with E-state index < -0.39 is 0 Å². The summed E-state index contributed by atoms with van der Waals surface area (Å²) in [6.07, 6.45) is 9.74. The van der Waals surface area contributed by atoms with Crippen LogP contribution in [0.25, 0.3) is 11.6 Å². The summed E-state index contributed by atoms with van der Waals surface area (Å²) in [5.74, 6) is 0.634. The summed E-state index contributed by atoms with van der Waals surface area (Å²) in [6, 6.07) is 17.2. The van der Waals surface area contributed by atoms with E-state index in [4.69, 9.17) is 9.47 Å². The molecule has 30 heavy (non-hydrogen) atoms. The molecule has 0 spiro atoms. The standard InChI is InChI=1S/C27H32O3/c1-21(2)27(28)30-18-10-4-9-17-29-26-16-15-25-19-23(22-11-5-3-6-12-22)13-7-8-14-24(25)20-26/h3,5-6,11-12,15-16,19-20H,1,4,7-10,13-14,17-18H2,2H3. The van der Waals surface area contributed by atoms with Crippen molar-refractivity contribution in [1.82, 2.24) is 0 Å². The van der Waals surface area contributed by atoms with Crippen molar-refractivity contribution in [2.75, 3.05) is 13.2 Å². The van der Waals surface area contributed by atoms with Crippen molar-refractivity contribution in [3.05, 3.63) is 77.4 Å². The molecule has 158 valence electrons. The zero-order chi connectivity index (χ0) is 21.2. The number of aryl methyl sites for hydroxylation is 1. The quantitative estimate of drug-likeness (QED) is 0.268. The minimum atomic E-state index is -0.309. The first-order chi connectivity index (χ1) is 14.6. The Bertz CT molecular complexity index is 880. The van der Waals surface area contributed by atoms with E-state index in [-0.39, 0.29) is 5.97 Å².